The predicted octanol–water partition coefficient (Wildman–Crippen LogP) is 3.13. The fourth-order valence-corrected chi connectivity index (χ4v) is 2.24. The maximum atomic E-state index is 12.0. The fourth-order valence-electron chi connectivity index (χ4n) is 1.42. The van der Waals surface area contributed by atoms with Crippen LogP contribution in [0.15, 0.2) is 6.20 Å². The number of thioether (sulfide) groups is 1. The van der Waals surface area contributed by atoms with Crippen LogP contribution in [-0.2, 0) is 0 Å². The van der Waals surface area contributed by atoms with Crippen molar-refractivity contribution in [2.24, 2.45) is 0 Å². The zero-order valence-electron chi connectivity index (χ0n) is 11.6. The number of rotatable bonds is 7. The molecule has 0 fully saturated rings. The quantitative estimate of drug-likeness (QED) is 0.786. The van der Waals surface area contributed by atoms with Gasteiger partial charge in [-0.3, -0.25) is 4.79 Å². The van der Waals surface area contributed by atoms with Crippen LogP contribution in [0.4, 0.5) is 0 Å². The molecule has 0 bridgehead atoms. The number of carbonyl (C=O) groups is 1. The van der Waals surface area contributed by atoms with Crippen LogP contribution in [0.3, 0.4) is 0 Å². The van der Waals surface area contributed by atoms with Gasteiger partial charge in [0.05, 0.1) is 11.2 Å². The van der Waals surface area contributed by atoms with Gasteiger partial charge in [-0.15, -0.1) is 0 Å². The highest BCUT2D eigenvalue weighted by Crippen LogP contribution is 2.16. The predicted molar refractivity (Wildman–Crippen MR) is 81.1 cm³/mol. The van der Waals surface area contributed by atoms with E-state index in [9.17, 15) is 4.79 Å². The van der Waals surface area contributed by atoms with Crippen molar-refractivity contribution in [3.63, 3.8) is 0 Å². The second-order valence-electron chi connectivity index (χ2n) is 4.39. The van der Waals surface area contributed by atoms with Gasteiger partial charge in [-0.2, -0.15) is 11.8 Å². The largest absolute Gasteiger partial charge is 0.351 e. The molecular weight excluding hydrogens is 282 g/mol. The molecule has 1 aromatic heterocycles. The molecule has 6 heteroatoms. The zero-order chi connectivity index (χ0) is 14.3. The Kier molecular flexibility index (Phi) is 7.16. The van der Waals surface area contributed by atoms with E-state index in [0.717, 1.165) is 17.9 Å². The lowest BCUT2D eigenvalue weighted by molar-refractivity contribution is 0.0948. The molecule has 1 rings (SSSR count). The first-order valence-electron chi connectivity index (χ1n) is 6.44. The Bertz CT molecular complexity index is 426. The normalized spacial score (nSPS) is 10.8. The molecule has 0 radical (unpaired) electrons. The van der Waals surface area contributed by atoms with Gasteiger partial charge in [0, 0.05) is 12.5 Å². The average molecular weight is 302 g/mol. The molecule has 0 saturated heterocycles. The summed E-state index contributed by atoms with van der Waals surface area (Å²) in [5.41, 5.74) is 0.267. The van der Waals surface area contributed by atoms with Crippen molar-refractivity contribution in [1.29, 1.82) is 0 Å². The van der Waals surface area contributed by atoms with Gasteiger partial charge in [-0.25, -0.2) is 9.97 Å². The minimum absolute atomic E-state index is 0.171. The fraction of sp³-hybridized carbons (Fsp3) is 0.615. The van der Waals surface area contributed by atoms with Crippen molar-refractivity contribution in [1.82, 2.24) is 15.3 Å². The highest BCUT2D eigenvalue weighted by atomic mass is 35.5. The molecule has 1 aromatic rings. The molecule has 106 valence electrons. The van der Waals surface area contributed by atoms with Crippen LogP contribution in [0.5, 0.6) is 0 Å². The van der Waals surface area contributed by atoms with E-state index in [2.05, 4.69) is 22.2 Å². The van der Waals surface area contributed by atoms with Gasteiger partial charge in [0.1, 0.15) is 11.5 Å². The molecule has 1 heterocycles. The van der Waals surface area contributed by atoms with Gasteiger partial charge in [0.2, 0.25) is 0 Å². The van der Waals surface area contributed by atoms with Crippen LogP contribution in [0.2, 0.25) is 5.02 Å². The lowest BCUT2D eigenvalue weighted by Crippen LogP contribution is -2.26. The van der Waals surface area contributed by atoms with E-state index in [-0.39, 0.29) is 17.5 Å². The molecule has 0 aliphatic carbocycles. The Morgan fingerprint density at radius 2 is 2.26 bits per heavy atom. The Labute approximate surface area is 123 Å². The van der Waals surface area contributed by atoms with E-state index >= 15 is 0 Å². The molecule has 0 aromatic carbocycles. The third kappa shape index (κ3) is 5.37. The van der Waals surface area contributed by atoms with Crippen LogP contribution in [0.1, 0.15) is 49.4 Å². The molecular formula is C13H20ClN3OS. The molecule has 0 unspecified atom stereocenters. The second kappa shape index (κ2) is 8.38. The Hall–Kier alpha value is -0.810. The van der Waals surface area contributed by atoms with Gasteiger partial charge in [0.25, 0.3) is 5.91 Å². The number of amides is 1. The summed E-state index contributed by atoms with van der Waals surface area (Å²) in [6.45, 7) is 6.72. The maximum absolute atomic E-state index is 12.0. The van der Waals surface area contributed by atoms with Crippen LogP contribution < -0.4 is 5.32 Å². The SMILES string of the molecule is CCSCCCNC(=O)c1nc(C(C)C)ncc1Cl. The summed E-state index contributed by atoms with van der Waals surface area (Å²) in [5.74, 6) is 2.73. The van der Waals surface area contributed by atoms with Crippen molar-refractivity contribution in [2.45, 2.75) is 33.1 Å². The standard InChI is InChI=1S/C13H20ClN3OS/c1-4-19-7-5-6-15-13(18)11-10(14)8-16-12(17-11)9(2)3/h8-9H,4-7H2,1-3H3,(H,15,18). The van der Waals surface area contributed by atoms with Gasteiger partial charge in [0.15, 0.2) is 0 Å². The highest BCUT2D eigenvalue weighted by molar-refractivity contribution is 7.99. The van der Waals surface area contributed by atoms with Crippen LogP contribution >= 0.6 is 23.4 Å². The Balaban J connectivity index is 2.58. The minimum Gasteiger partial charge on any atom is -0.351 e. The van der Waals surface area contributed by atoms with Crippen LogP contribution in [0, 0.1) is 0 Å². The van der Waals surface area contributed by atoms with Crippen molar-refractivity contribution in [3.8, 4) is 0 Å². The van der Waals surface area contributed by atoms with Gasteiger partial charge >= 0.3 is 0 Å². The smallest absolute Gasteiger partial charge is 0.271 e. The lowest BCUT2D eigenvalue weighted by atomic mass is 10.2. The summed E-state index contributed by atoms with van der Waals surface area (Å²) in [6.07, 6.45) is 2.44. The second-order valence-corrected chi connectivity index (χ2v) is 6.19. The third-order valence-corrected chi connectivity index (χ3v) is 3.71. The Morgan fingerprint density at radius 1 is 1.53 bits per heavy atom. The van der Waals surface area contributed by atoms with E-state index in [1.54, 1.807) is 0 Å². The number of aromatic nitrogens is 2. The molecule has 1 N–H and O–H groups in total. The van der Waals surface area contributed by atoms with E-state index in [1.807, 2.05) is 25.6 Å². The Morgan fingerprint density at radius 3 is 2.89 bits per heavy atom. The number of hydrogen-bond donors (Lipinski definition) is 1. The highest BCUT2D eigenvalue weighted by Gasteiger charge is 2.14. The summed E-state index contributed by atoms with van der Waals surface area (Å²) >= 11 is 7.83. The van der Waals surface area contributed by atoms with Gasteiger partial charge < -0.3 is 5.32 Å². The first kappa shape index (κ1) is 16.2. The first-order valence-corrected chi connectivity index (χ1v) is 7.97. The number of nitrogens with zero attached hydrogens (tertiary/aromatic N) is 2. The number of hydrogen-bond acceptors (Lipinski definition) is 4. The van der Waals surface area contributed by atoms with Crippen molar-refractivity contribution in [2.75, 3.05) is 18.1 Å². The molecule has 0 saturated carbocycles. The van der Waals surface area contributed by atoms with E-state index in [1.165, 1.54) is 6.20 Å². The first-order chi connectivity index (χ1) is 9.06. The lowest BCUT2D eigenvalue weighted by Gasteiger charge is -2.08. The monoisotopic (exact) mass is 301 g/mol. The summed E-state index contributed by atoms with van der Waals surface area (Å²) in [5, 5.41) is 3.13. The molecule has 19 heavy (non-hydrogen) atoms. The van der Waals surface area contributed by atoms with Gasteiger partial charge in [-0.1, -0.05) is 32.4 Å². The minimum atomic E-state index is -0.226. The van der Waals surface area contributed by atoms with E-state index in [0.29, 0.717) is 17.4 Å². The molecule has 0 aliphatic rings. The van der Waals surface area contributed by atoms with E-state index < -0.39 is 0 Å². The van der Waals surface area contributed by atoms with Crippen LogP contribution in [0.25, 0.3) is 0 Å². The number of nitrogens with one attached hydrogen (secondary N) is 1. The number of halogens is 1. The average Bonchev–Trinajstić information content (AvgIpc) is 2.38. The molecule has 0 aliphatic heterocycles. The topological polar surface area (TPSA) is 54.9 Å². The summed E-state index contributed by atoms with van der Waals surface area (Å²) in [7, 11) is 0. The van der Waals surface area contributed by atoms with Crippen LogP contribution in [-0.4, -0.2) is 33.9 Å². The molecule has 4 nitrogen and oxygen atoms in total. The van der Waals surface area contributed by atoms with Gasteiger partial charge in [-0.05, 0) is 17.9 Å². The van der Waals surface area contributed by atoms with Crippen molar-refractivity contribution < 1.29 is 4.79 Å². The van der Waals surface area contributed by atoms with Crippen molar-refractivity contribution >= 4 is 29.3 Å². The van der Waals surface area contributed by atoms with Crippen molar-refractivity contribution in [3.05, 3.63) is 22.7 Å². The molecule has 0 spiro atoms. The summed E-state index contributed by atoms with van der Waals surface area (Å²) < 4.78 is 0. The zero-order valence-corrected chi connectivity index (χ0v) is 13.1. The summed E-state index contributed by atoms with van der Waals surface area (Å²) in [4.78, 5) is 20.3. The van der Waals surface area contributed by atoms with E-state index in [4.69, 9.17) is 11.6 Å². The maximum Gasteiger partial charge on any atom is 0.271 e. The number of carbonyl (C=O) groups excluding carboxylic acids is 1. The molecule has 0 atom stereocenters. The molecule has 1 amide bonds. The summed E-state index contributed by atoms with van der Waals surface area (Å²) in [6, 6.07) is 0. The third-order valence-electron chi connectivity index (χ3n) is 2.45.